The highest BCUT2D eigenvalue weighted by atomic mass is 35.5. The predicted octanol–water partition coefficient (Wildman–Crippen LogP) is 2.08. The molecule has 0 saturated heterocycles. The first-order valence-electron chi connectivity index (χ1n) is 3.39. The number of halogens is 1. The quantitative estimate of drug-likeness (QED) is 0.706. The van der Waals surface area contributed by atoms with Crippen LogP contribution >= 0.6 is 12.4 Å². The van der Waals surface area contributed by atoms with Gasteiger partial charge in [0, 0.05) is 5.69 Å². The lowest BCUT2D eigenvalue weighted by Gasteiger charge is -1.99. The Morgan fingerprint density at radius 3 is 2.55 bits per heavy atom. The second kappa shape index (κ2) is 4.19. The van der Waals surface area contributed by atoms with Gasteiger partial charge in [0.25, 0.3) is 0 Å². The van der Waals surface area contributed by atoms with Crippen molar-refractivity contribution in [3.63, 3.8) is 0 Å². The van der Waals surface area contributed by atoms with E-state index in [1.54, 1.807) is 12.1 Å². The lowest BCUT2D eigenvalue weighted by molar-refractivity contribution is 0.464. The molecule has 11 heavy (non-hydrogen) atoms. The van der Waals surface area contributed by atoms with Crippen LogP contribution in [0.25, 0.3) is 0 Å². The molecule has 0 saturated carbocycles. The van der Waals surface area contributed by atoms with Gasteiger partial charge in [-0.3, -0.25) is 4.98 Å². The Kier molecular flexibility index (Phi) is 3.90. The highest BCUT2D eigenvalue weighted by molar-refractivity contribution is 5.85. The molecule has 1 rings (SSSR count). The Balaban J connectivity index is 0.000001000. The van der Waals surface area contributed by atoms with Crippen molar-refractivity contribution in [2.45, 2.75) is 20.3 Å². The van der Waals surface area contributed by atoms with E-state index in [4.69, 9.17) is 0 Å². The van der Waals surface area contributed by atoms with E-state index in [-0.39, 0.29) is 12.4 Å². The van der Waals surface area contributed by atoms with E-state index in [2.05, 4.69) is 4.98 Å². The highest BCUT2D eigenvalue weighted by Gasteiger charge is 1.97. The number of rotatable bonds is 1. The van der Waals surface area contributed by atoms with Crippen LogP contribution in [0.4, 0.5) is 0 Å². The fraction of sp³-hybridized carbons (Fsp3) is 0.375. The normalized spacial score (nSPS) is 8.91. The molecule has 0 aliphatic heterocycles. The van der Waals surface area contributed by atoms with Crippen LogP contribution in [0.2, 0.25) is 0 Å². The first-order valence-corrected chi connectivity index (χ1v) is 3.39. The summed E-state index contributed by atoms with van der Waals surface area (Å²) in [5.74, 6) is 0.299. The van der Waals surface area contributed by atoms with Crippen LogP contribution < -0.4 is 0 Å². The summed E-state index contributed by atoms with van der Waals surface area (Å²) in [6.07, 6.45) is 0.785. The average Bonchev–Trinajstić information content (AvgIpc) is 1.94. The van der Waals surface area contributed by atoms with Gasteiger partial charge in [0.15, 0.2) is 0 Å². The fourth-order valence-electron chi connectivity index (χ4n) is 0.863. The van der Waals surface area contributed by atoms with Crippen LogP contribution in [0.5, 0.6) is 5.75 Å². The van der Waals surface area contributed by atoms with Crippen molar-refractivity contribution in [2.75, 3.05) is 0 Å². The van der Waals surface area contributed by atoms with Crippen LogP contribution in [-0.2, 0) is 6.42 Å². The zero-order valence-corrected chi connectivity index (χ0v) is 7.48. The van der Waals surface area contributed by atoms with Crippen LogP contribution in [-0.4, -0.2) is 10.1 Å². The van der Waals surface area contributed by atoms with Crippen LogP contribution in [0.3, 0.4) is 0 Å². The predicted molar refractivity (Wildman–Crippen MR) is 47.3 cm³/mol. The van der Waals surface area contributed by atoms with Crippen LogP contribution in [0.1, 0.15) is 18.3 Å². The van der Waals surface area contributed by atoms with Crippen LogP contribution in [0.15, 0.2) is 12.1 Å². The zero-order valence-electron chi connectivity index (χ0n) is 6.66. The molecule has 1 aromatic rings. The molecule has 0 amide bonds. The number of nitrogens with zero attached hydrogens (tertiary/aromatic N) is 1. The zero-order chi connectivity index (χ0) is 7.56. The minimum atomic E-state index is 0. The Labute approximate surface area is 72.7 Å². The van der Waals surface area contributed by atoms with Gasteiger partial charge in [-0.15, -0.1) is 12.4 Å². The van der Waals surface area contributed by atoms with Crippen molar-refractivity contribution < 1.29 is 5.11 Å². The maximum atomic E-state index is 9.17. The topological polar surface area (TPSA) is 33.1 Å². The minimum absolute atomic E-state index is 0. The van der Waals surface area contributed by atoms with E-state index in [0.29, 0.717) is 5.75 Å². The minimum Gasteiger partial charge on any atom is -0.506 e. The number of hydrogen-bond acceptors (Lipinski definition) is 2. The van der Waals surface area contributed by atoms with Crippen molar-refractivity contribution in [1.29, 1.82) is 0 Å². The van der Waals surface area contributed by atoms with Gasteiger partial charge in [0.1, 0.15) is 5.75 Å². The molecule has 2 nitrogen and oxygen atoms in total. The van der Waals surface area contributed by atoms with Gasteiger partial charge in [-0.25, -0.2) is 0 Å². The lowest BCUT2D eigenvalue weighted by atomic mass is 10.2. The maximum absolute atomic E-state index is 9.17. The summed E-state index contributed by atoms with van der Waals surface area (Å²) < 4.78 is 0. The third-order valence-electron chi connectivity index (χ3n) is 1.42. The summed E-state index contributed by atoms with van der Waals surface area (Å²) in [7, 11) is 0. The molecule has 0 spiro atoms. The number of aromatic nitrogens is 1. The summed E-state index contributed by atoms with van der Waals surface area (Å²) in [6, 6.07) is 3.48. The van der Waals surface area contributed by atoms with Gasteiger partial charge in [-0.2, -0.15) is 0 Å². The average molecular weight is 174 g/mol. The third kappa shape index (κ3) is 2.39. The van der Waals surface area contributed by atoms with E-state index in [1.807, 2.05) is 13.8 Å². The molecule has 0 aliphatic rings. The molecule has 0 atom stereocenters. The lowest BCUT2D eigenvalue weighted by Crippen LogP contribution is -1.89. The monoisotopic (exact) mass is 173 g/mol. The summed E-state index contributed by atoms with van der Waals surface area (Å²) in [5.41, 5.74) is 1.73. The van der Waals surface area contributed by atoms with Crippen molar-refractivity contribution in [3.8, 4) is 5.75 Å². The molecule has 3 heteroatoms. The van der Waals surface area contributed by atoms with Crippen molar-refractivity contribution in [3.05, 3.63) is 23.5 Å². The maximum Gasteiger partial charge on any atom is 0.137 e. The molecule has 0 bridgehead atoms. The molecule has 0 unspecified atom stereocenters. The number of aromatic hydroxyl groups is 1. The molecular formula is C8H12ClNO. The Morgan fingerprint density at radius 2 is 2.09 bits per heavy atom. The summed E-state index contributed by atoms with van der Waals surface area (Å²) in [4.78, 5) is 4.14. The summed E-state index contributed by atoms with van der Waals surface area (Å²) in [5, 5.41) is 9.17. The van der Waals surface area contributed by atoms with Gasteiger partial charge in [-0.05, 0) is 25.5 Å². The molecule has 1 N–H and O–H groups in total. The summed E-state index contributed by atoms with van der Waals surface area (Å²) in [6.45, 7) is 3.89. The number of hydrogen-bond donors (Lipinski definition) is 1. The Hall–Kier alpha value is -0.760. The van der Waals surface area contributed by atoms with Gasteiger partial charge in [-0.1, -0.05) is 6.92 Å². The molecule has 1 aromatic heterocycles. The molecule has 62 valence electrons. The number of pyridine rings is 1. The molecule has 0 aromatic carbocycles. The molecule has 1 heterocycles. The second-order valence-electron chi connectivity index (χ2n) is 2.27. The highest BCUT2D eigenvalue weighted by Crippen LogP contribution is 2.14. The molecule has 0 fully saturated rings. The fourth-order valence-corrected chi connectivity index (χ4v) is 0.863. The van der Waals surface area contributed by atoms with Crippen molar-refractivity contribution in [2.24, 2.45) is 0 Å². The van der Waals surface area contributed by atoms with E-state index < -0.39 is 0 Å². The summed E-state index contributed by atoms with van der Waals surface area (Å²) >= 11 is 0. The van der Waals surface area contributed by atoms with E-state index in [0.717, 1.165) is 17.8 Å². The van der Waals surface area contributed by atoms with Gasteiger partial charge in [0.2, 0.25) is 0 Å². The first-order chi connectivity index (χ1) is 4.74. The van der Waals surface area contributed by atoms with Gasteiger partial charge < -0.3 is 5.11 Å². The van der Waals surface area contributed by atoms with E-state index >= 15 is 0 Å². The largest absolute Gasteiger partial charge is 0.506 e. The molecule has 0 radical (unpaired) electrons. The van der Waals surface area contributed by atoms with Crippen molar-refractivity contribution >= 4 is 12.4 Å². The van der Waals surface area contributed by atoms with Gasteiger partial charge >= 0.3 is 0 Å². The molecule has 0 aliphatic carbocycles. The SMILES string of the molecule is CCc1nc(C)ccc1O.Cl. The standard InChI is InChI=1S/C8H11NO.ClH/c1-3-7-8(10)5-4-6(2)9-7;/h4-5,10H,3H2,1-2H3;1H. The number of aryl methyl sites for hydroxylation is 2. The second-order valence-corrected chi connectivity index (χ2v) is 2.27. The van der Waals surface area contributed by atoms with E-state index in [9.17, 15) is 5.11 Å². The van der Waals surface area contributed by atoms with Crippen molar-refractivity contribution in [1.82, 2.24) is 4.98 Å². The van der Waals surface area contributed by atoms with E-state index in [1.165, 1.54) is 0 Å². The molecular weight excluding hydrogens is 162 g/mol. The smallest absolute Gasteiger partial charge is 0.137 e. The Bertz CT molecular complexity index is 238. The Morgan fingerprint density at radius 1 is 1.45 bits per heavy atom. The van der Waals surface area contributed by atoms with Gasteiger partial charge in [0.05, 0.1) is 5.69 Å². The third-order valence-corrected chi connectivity index (χ3v) is 1.42. The first kappa shape index (κ1) is 10.2. The van der Waals surface area contributed by atoms with Crippen LogP contribution in [0, 0.1) is 6.92 Å².